The van der Waals surface area contributed by atoms with Crippen LogP contribution >= 0.6 is 11.6 Å². The molecule has 2 N–H and O–H groups in total. The van der Waals surface area contributed by atoms with Gasteiger partial charge in [0.05, 0.1) is 28.6 Å². The summed E-state index contributed by atoms with van der Waals surface area (Å²) in [5, 5.41) is 13.3. The Bertz CT molecular complexity index is 1570. The zero-order chi connectivity index (χ0) is 30.4. The minimum Gasteiger partial charge on any atom is -0.389 e. The molecule has 0 amide bonds. The molecule has 2 aliphatic rings. The standard InChI is InChI=1S/C26H30ClF4N7O3S/c1-25(39)6-8-36(14-25)11-16-3-4-22(18(27)9-16)37-13-21(33-15-37)23-17(26(29,30)31)10-32-24(35-23)34-20-5-7-38(12-19(20)28)42(2,40)41/h3-4,9-10,13,15,19-20,39H,5-8,11-12,14H2,1-2H3,(H,32,34,35)/t19-,20-,25?/m1/s1. The number of benzene rings is 1. The second kappa shape index (κ2) is 11.3. The van der Waals surface area contributed by atoms with Gasteiger partial charge in [-0.3, -0.25) is 4.90 Å². The Balaban J connectivity index is 1.37. The van der Waals surface area contributed by atoms with Gasteiger partial charge in [-0.1, -0.05) is 17.7 Å². The van der Waals surface area contributed by atoms with Gasteiger partial charge in [-0.15, -0.1) is 0 Å². The molecule has 1 aromatic carbocycles. The summed E-state index contributed by atoms with van der Waals surface area (Å²) < 4.78 is 82.4. The lowest BCUT2D eigenvalue weighted by atomic mass is 10.1. The predicted molar refractivity (Wildman–Crippen MR) is 148 cm³/mol. The predicted octanol–water partition coefficient (Wildman–Crippen LogP) is 3.74. The summed E-state index contributed by atoms with van der Waals surface area (Å²) in [5.74, 6) is -0.240. The summed E-state index contributed by atoms with van der Waals surface area (Å²) >= 11 is 6.54. The van der Waals surface area contributed by atoms with Crippen molar-refractivity contribution in [1.82, 2.24) is 28.7 Å². The van der Waals surface area contributed by atoms with E-state index in [4.69, 9.17) is 11.6 Å². The van der Waals surface area contributed by atoms with Crippen LogP contribution in [0.25, 0.3) is 17.1 Å². The molecule has 228 valence electrons. The maximum absolute atomic E-state index is 14.8. The Morgan fingerprint density at radius 1 is 1.24 bits per heavy atom. The van der Waals surface area contributed by atoms with Crippen LogP contribution in [-0.2, 0) is 22.7 Å². The number of nitrogens with one attached hydrogen (secondary N) is 1. The van der Waals surface area contributed by atoms with Gasteiger partial charge in [0, 0.05) is 45.1 Å². The van der Waals surface area contributed by atoms with Crippen molar-refractivity contribution < 1.29 is 31.1 Å². The molecule has 2 saturated heterocycles. The van der Waals surface area contributed by atoms with Crippen LogP contribution in [0.2, 0.25) is 5.02 Å². The minimum atomic E-state index is -4.79. The van der Waals surface area contributed by atoms with Crippen LogP contribution in [-0.4, -0.2) is 92.5 Å². The molecule has 16 heteroatoms. The summed E-state index contributed by atoms with van der Waals surface area (Å²) in [6, 6.07) is 4.46. The van der Waals surface area contributed by atoms with E-state index in [-0.39, 0.29) is 31.2 Å². The van der Waals surface area contributed by atoms with Gasteiger partial charge in [-0.25, -0.2) is 27.8 Å². The highest BCUT2D eigenvalue weighted by molar-refractivity contribution is 7.88. The number of piperidine rings is 1. The van der Waals surface area contributed by atoms with Gasteiger partial charge in [0.1, 0.15) is 29.5 Å². The number of β-amino-alcohol motifs (C(OH)–C–C–N with tert-alkyl or cyclic N) is 1. The number of alkyl halides is 4. The number of hydrogen-bond acceptors (Lipinski definition) is 8. The van der Waals surface area contributed by atoms with Gasteiger partial charge in [0.25, 0.3) is 0 Å². The molecule has 0 saturated carbocycles. The van der Waals surface area contributed by atoms with Crippen LogP contribution in [0, 0.1) is 0 Å². The maximum atomic E-state index is 14.8. The van der Waals surface area contributed by atoms with E-state index in [0.29, 0.717) is 36.4 Å². The van der Waals surface area contributed by atoms with Crippen LogP contribution in [0.15, 0.2) is 36.9 Å². The van der Waals surface area contributed by atoms with Crippen LogP contribution in [0.1, 0.15) is 30.9 Å². The molecule has 0 radical (unpaired) electrons. The number of anilines is 1. The first-order chi connectivity index (χ1) is 19.6. The van der Waals surface area contributed by atoms with E-state index < -0.39 is 45.3 Å². The SMILES string of the molecule is CC1(O)CCN(Cc2ccc(-n3cnc(-c4nc(N[C@@H]5CCN(S(C)(=O)=O)C[C@H]5F)ncc4C(F)(F)F)c3)c(Cl)c2)C1. The van der Waals surface area contributed by atoms with Crippen LogP contribution in [0.5, 0.6) is 0 Å². The first-order valence-electron chi connectivity index (χ1n) is 13.2. The largest absolute Gasteiger partial charge is 0.420 e. The molecule has 0 aliphatic carbocycles. The van der Waals surface area contributed by atoms with Crippen molar-refractivity contribution in [2.24, 2.45) is 0 Å². The molecule has 42 heavy (non-hydrogen) atoms. The highest BCUT2D eigenvalue weighted by Gasteiger charge is 2.38. The lowest BCUT2D eigenvalue weighted by molar-refractivity contribution is -0.137. The van der Waals surface area contributed by atoms with Gasteiger partial charge in [0.2, 0.25) is 16.0 Å². The van der Waals surface area contributed by atoms with Crippen molar-refractivity contribution in [3.05, 3.63) is 53.1 Å². The van der Waals surface area contributed by atoms with Crippen molar-refractivity contribution in [3.63, 3.8) is 0 Å². The van der Waals surface area contributed by atoms with Crippen LogP contribution < -0.4 is 5.32 Å². The molecule has 3 aromatic rings. The van der Waals surface area contributed by atoms with Crippen LogP contribution in [0.3, 0.4) is 0 Å². The third-order valence-electron chi connectivity index (χ3n) is 7.43. The zero-order valence-corrected chi connectivity index (χ0v) is 24.4. The molecule has 2 aromatic heterocycles. The van der Waals surface area contributed by atoms with Gasteiger partial charge >= 0.3 is 6.18 Å². The van der Waals surface area contributed by atoms with Crippen LogP contribution in [0.4, 0.5) is 23.5 Å². The molecular weight excluding hydrogens is 602 g/mol. The van der Waals surface area contributed by atoms with Gasteiger partial charge in [-0.2, -0.15) is 17.5 Å². The van der Waals surface area contributed by atoms with E-state index >= 15 is 0 Å². The minimum absolute atomic E-state index is 0.0488. The number of imidazole rings is 1. The van der Waals surface area contributed by atoms with E-state index in [9.17, 15) is 31.1 Å². The zero-order valence-electron chi connectivity index (χ0n) is 22.8. The van der Waals surface area contributed by atoms with E-state index in [2.05, 4.69) is 25.2 Å². The first-order valence-corrected chi connectivity index (χ1v) is 15.4. The number of rotatable bonds is 7. The molecule has 2 fully saturated rings. The Morgan fingerprint density at radius 2 is 2.00 bits per heavy atom. The molecule has 10 nitrogen and oxygen atoms in total. The monoisotopic (exact) mass is 631 g/mol. The number of nitrogens with zero attached hydrogens (tertiary/aromatic N) is 6. The first kappa shape index (κ1) is 30.6. The Labute approximate surface area is 245 Å². The van der Waals surface area contributed by atoms with E-state index in [0.717, 1.165) is 22.7 Å². The van der Waals surface area contributed by atoms with Gasteiger partial charge in [-0.05, 0) is 37.5 Å². The second-order valence-electron chi connectivity index (χ2n) is 11.0. The van der Waals surface area contributed by atoms with Crippen molar-refractivity contribution >= 4 is 27.6 Å². The van der Waals surface area contributed by atoms with Crippen molar-refractivity contribution in [2.45, 2.75) is 50.3 Å². The molecule has 0 bridgehead atoms. The second-order valence-corrected chi connectivity index (χ2v) is 13.4. The third-order valence-corrected chi connectivity index (χ3v) is 9.01. The summed E-state index contributed by atoms with van der Waals surface area (Å²) in [6.45, 7) is 3.34. The number of sulfonamides is 1. The Kier molecular flexibility index (Phi) is 8.26. The highest BCUT2D eigenvalue weighted by atomic mass is 35.5. The lowest BCUT2D eigenvalue weighted by Crippen LogP contribution is -2.49. The fraction of sp³-hybridized carbons (Fsp3) is 0.500. The fourth-order valence-electron chi connectivity index (χ4n) is 5.23. The molecule has 0 spiro atoms. The summed E-state index contributed by atoms with van der Waals surface area (Å²) in [6.07, 6.45) is -1.38. The number of halogens is 5. The van der Waals surface area contributed by atoms with E-state index in [1.165, 1.54) is 17.1 Å². The quantitative estimate of drug-likeness (QED) is 0.379. The highest BCUT2D eigenvalue weighted by Crippen LogP contribution is 2.36. The topological polar surface area (TPSA) is 116 Å². The van der Waals surface area contributed by atoms with Gasteiger partial charge < -0.3 is 15.0 Å². The third kappa shape index (κ3) is 6.86. The molecule has 2 aliphatic heterocycles. The van der Waals surface area contributed by atoms with Crippen molar-refractivity contribution in [2.75, 3.05) is 37.8 Å². The molecule has 5 rings (SSSR count). The summed E-state index contributed by atoms with van der Waals surface area (Å²) in [7, 11) is -3.58. The smallest absolute Gasteiger partial charge is 0.389 e. The fourth-order valence-corrected chi connectivity index (χ4v) is 6.38. The number of likely N-dealkylation sites (tertiary alicyclic amines) is 1. The van der Waals surface area contributed by atoms with E-state index in [1.807, 2.05) is 6.07 Å². The number of hydrogen-bond donors (Lipinski definition) is 2. The average Bonchev–Trinajstić information content (AvgIpc) is 3.50. The van der Waals surface area contributed by atoms with Crippen molar-refractivity contribution in [1.29, 1.82) is 0 Å². The van der Waals surface area contributed by atoms with E-state index in [1.54, 1.807) is 19.1 Å². The summed E-state index contributed by atoms with van der Waals surface area (Å²) in [5.41, 5.74) is -1.04. The number of aromatic nitrogens is 4. The lowest BCUT2D eigenvalue weighted by Gasteiger charge is -2.33. The molecule has 3 atom stereocenters. The molecule has 4 heterocycles. The number of aliphatic hydroxyl groups is 1. The van der Waals surface area contributed by atoms with Gasteiger partial charge in [0.15, 0.2) is 0 Å². The summed E-state index contributed by atoms with van der Waals surface area (Å²) in [4.78, 5) is 14.0. The average molecular weight is 632 g/mol. The molecule has 1 unspecified atom stereocenters. The molecular formula is C26H30ClF4N7O3S. The maximum Gasteiger partial charge on any atom is 0.420 e. The Hall–Kier alpha value is -2.85. The Morgan fingerprint density at radius 3 is 2.62 bits per heavy atom. The van der Waals surface area contributed by atoms with Crippen molar-refractivity contribution in [3.8, 4) is 17.1 Å². The normalized spacial score (nSPS) is 24.3.